The Morgan fingerprint density at radius 2 is 2.04 bits per heavy atom. The van der Waals surface area contributed by atoms with Crippen LogP contribution in [0.2, 0.25) is 5.02 Å². The molecule has 28 heavy (non-hydrogen) atoms. The van der Waals surface area contributed by atoms with Gasteiger partial charge in [0.2, 0.25) is 15.9 Å². The number of hydrogen-bond acceptors (Lipinski definition) is 6. The van der Waals surface area contributed by atoms with Gasteiger partial charge in [-0.1, -0.05) is 23.7 Å². The molecule has 10 heteroatoms. The van der Waals surface area contributed by atoms with E-state index in [-0.39, 0.29) is 22.9 Å². The van der Waals surface area contributed by atoms with E-state index in [1.165, 1.54) is 10.4 Å². The van der Waals surface area contributed by atoms with Gasteiger partial charge in [-0.25, -0.2) is 13.0 Å². The summed E-state index contributed by atoms with van der Waals surface area (Å²) in [6.07, 6.45) is 1.19. The third-order valence-corrected chi connectivity index (χ3v) is 6.85. The first-order valence-electron chi connectivity index (χ1n) is 8.73. The van der Waals surface area contributed by atoms with Crippen LogP contribution in [-0.2, 0) is 14.8 Å². The molecule has 0 bridgehead atoms. The molecule has 2 aromatic carbocycles. The lowest BCUT2D eigenvalue weighted by Crippen LogP contribution is -2.43. The van der Waals surface area contributed by atoms with E-state index in [1.807, 2.05) is 0 Å². The zero-order chi connectivity index (χ0) is 19.7. The standard InChI is InChI=1S/C18H17ClN4O4S/c19-13-5-1-6-14(10-13)20-18(24)12-4-3-9-23(11-12)28(25,26)16-8-2-7-15-17(16)22-27-21-15/h1-2,5-8,10,12H,3-4,9,11H2,(H,20,24)/t12-/m1/s1. The molecular formula is C18H17ClN4O4S. The molecule has 3 aromatic rings. The van der Waals surface area contributed by atoms with Gasteiger partial charge in [0.1, 0.15) is 10.4 Å². The van der Waals surface area contributed by atoms with Gasteiger partial charge in [-0.15, -0.1) is 0 Å². The highest BCUT2D eigenvalue weighted by Gasteiger charge is 2.34. The maximum Gasteiger partial charge on any atom is 0.245 e. The number of rotatable bonds is 4. The Balaban J connectivity index is 1.54. The molecule has 8 nitrogen and oxygen atoms in total. The molecule has 1 amide bonds. The zero-order valence-corrected chi connectivity index (χ0v) is 16.3. The Bertz CT molecular complexity index is 1130. The Hall–Kier alpha value is -2.49. The molecule has 146 valence electrons. The molecule has 0 radical (unpaired) electrons. The van der Waals surface area contributed by atoms with Crippen LogP contribution in [0.25, 0.3) is 11.0 Å². The quantitative estimate of drug-likeness (QED) is 0.695. The van der Waals surface area contributed by atoms with Crippen molar-refractivity contribution in [1.29, 1.82) is 0 Å². The highest BCUT2D eigenvalue weighted by atomic mass is 35.5. The number of sulfonamides is 1. The Morgan fingerprint density at radius 3 is 2.86 bits per heavy atom. The van der Waals surface area contributed by atoms with Crippen molar-refractivity contribution >= 4 is 44.3 Å². The largest absolute Gasteiger partial charge is 0.326 e. The summed E-state index contributed by atoms with van der Waals surface area (Å²) in [5.74, 6) is -0.694. The van der Waals surface area contributed by atoms with Crippen LogP contribution < -0.4 is 5.32 Å². The van der Waals surface area contributed by atoms with E-state index in [1.54, 1.807) is 36.4 Å². The lowest BCUT2D eigenvalue weighted by atomic mass is 9.99. The molecule has 0 aliphatic carbocycles. The van der Waals surface area contributed by atoms with Crippen LogP contribution in [0, 0.1) is 5.92 Å². The van der Waals surface area contributed by atoms with Crippen molar-refractivity contribution in [1.82, 2.24) is 14.6 Å². The average Bonchev–Trinajstić information content (AvgIpc) is 3.17. The summed E-state index contributed by atoms with van der Waals surface area (Å²) < 4.78 is 32.3. The SMILES string of the molecule is O=C(Nc1cccc(Cl)c1)[C@@H]1CCCN(S(=O)(=O)c2cccc3nonc23)C1. The molecule has 1 aliphatic rings. The van der Waals surface area contributed by atoms with Crippen LogP contribution in [0.4, 0.5) is 5.69 Å². The summed E-state index contributed by atoms with van der Waals surface area (Å²) in [6, 6.07) is 11.5. The van der Waals surface area contributed by atoms with Gasteiger partial charge in [0.15, 0.2) is 5.52 Å². The second kappa shape index (κ2) is 7.50. The topological polar surface area (TPSA) is 105 Å². The Morgan fingerprint density at radius 1 is 1.21 bits per heavy atom. The minimum atomic E-state index is -3.83. The average molecular weight is 421 g/mol. The number of carbonyl (C=O) groups excluding carboxylic acids is 1. The predicted octanol–water partition coefficient (Wildman–Crippen LogP) is 2.92. The molecule has 1 aromatic heterocycles. The van der Waals surface area contributed by atoms with Gasteiger partial charge >= 0.3 is 0 Å². The normalized spacial score (nSPS) is 18.2. The summed E-state index contributed by atoms with van der Waals surface area (Å²) in [5, 5.41) is 10.7. The third kappa shape index (κ3) is 3.60. The van der Waals surface area contributed by atoms with Crippen molar-refractivity contribution in [2.24, 2.45) is 5.92 Å². The summed E-state index contributed by atoms with van der Waals surface area (Å²) in [6.45, 7) is 0.432. The van der Waals surface area contributed by atoms with Crippen molar-refractivity contribution in [3.8, 4) is 0 Å². The first kappa shape index (κ1) is 18.9. The lowest BCUT2D eigenvalue weighted by molar-refractivity contribution is -0.120. The summed E-state index contributed by atoms with van der Waals surface area (Å²) >= 11 is 5.95. The molecule has 1 aliphatic heterocycles. The Kier molecular flexibility index (Phi) is 5.05. The lowest BCUT2D eigenvalue weighted by Gasteiger charge is -2.31. The van der Waals surface area contributed by atoms with Crippen LogP contribution >= 0.6 is 11.6 Å². The second-order valence-corrected chi connectivity index (χ2v) is 8.93. The number of amides is 1. The van der Waals surface area contributed by atoms with Gasteiger partial charge in [0, 0.05) is 23.8 Å². The second-order valence-electron chi connectivity index (χ2n) is 6.59. The number of fused-ring (bicyclic) bond motifs is 1. The van der Waals surface area contributed by atoms with Crippen molar-refractivity contribution in [3.63, 3.8) is 0 Å². The highest BCUT2D eigenvalue weighted by molar-refractivity contribution is 7.89. The summed E-state index contributed by atoms with van der Waals surface area (Å²) in [5.41, 5.74) is 1.14. The minimum Gasteiger partial charge on any atom is -0.326 e. The number of hydrogen-bond donors (Lipinski definition) is 1. The van der Waals surface area contributed by atoms with E-state index < -0.39 is 15.9 Å². The molecular weight excluding hydrogens is 404 g/mol. The number of nitrogens with zero attached hydrogens (tertiary/aromatic N) is 3. The fraction of sp³-hybridized carbons (Fsp3) is 0.278. The maximum atomic E-state index is 13.1. The molecule has 4 rings (SSSR count). The zero-order valence-electron chi connectivity index (χ0n) is 14.7. The van der Waals surface area contributed by atoms with Gasteiger partial charge in [0.25, 0.3) is 0 Å². The molecule has 2 heterocycles. The predicted molar refractivity (Wildman–Crippen MR) is 103 cm³/mol. The molecule has 0 saturated carbocycles. The molecule has 1 atom stereocenters. The first-order chi connectivity index (χ1) is 13.4. The molecule has 1 fully saturated rings. The number of carbonyl (C=O) groups is 1. The third-order valence-electron chi connectivity index (χ3n) is 4.71. The number of nitrogens with one attached hydrogen (secondary N) is 1. The smallest absolute Gasteiger partial charge is 0.245 e. The summed E-state index contributed by atoms with van der Waals surface area (Å²) in [7, 11) is -3.83. The number of halogens is 1. The van der Waals surface area contributed by atoms with E-state index in [9.17, 15) is 13.2 Å². The van der Waals surface area contributed by atoms with Gasteiger partial charge in [-0.3, -0.25) is 4.79 Å². The van der Waals surface area contributed by atoms with Crippen LogP contribution in [0.3, 0.4) is 0 Å². The van der Waals surface area contributed by atoms with Crippen LogP contribution in [-0.4, -0.2) is 42.0 Å². The number of aromatic nitrogens is 2. The summed E-state index contributed by atoms with van der Waals surface area (Å²) in [4.78, 5) is 12.7. The highest BCUT2D eigenvalue weighted by Crippen LogP contribution is 2.28. The van der Waals surface area contributed by atoms with Crippen LogP contribution in [0.5, 0.6) is 0 Å². The van der Waals surface area contributed by atoms with E-state index in [0.29, 0.717) is 35.6 Å². The molecule has 0 unspecified atom stereocenters. The minimum absolute atomic E-state index is 0.0298. The van der Waals surface area contributed by atoms with Gasteiger partial charge in [-0.05, 0) is 53.5 Å². The van der Waals surface area contributed by atoms with E-state index in [0.717, 1.165) is 0 Å². The maximum absolute atomic E-state index is 13.1. The van der Waals surface area contributed by atoms with Crippen LogP contribution in [0.1, 0.15) is 12.8 Å². The van der Waals surface area contributed by atoms with Gasteiger partial charge < -0.3 is 5.32 Å². The first-order valence-corrected chi connectivity index (χ1v) is 10.5. The van der Waals surface area contributed by atoms with Crippen LogP contribution in [0.15, 0.2) is 52.0 Å². The van der Waals surface area contributed by atoms with Crippen molar-refractivity contribution in [2.75, 3.05) is 18.4 Å². The van der Waals surface area contributed by atoms with Gasteiger partial charge in [0.05, 0.1) is 5.92 Å². The van der Waals surface area contributed by atoms with Crippen molar-refractivity contribution in [2.45, 2.75) is 17.7 Å². The van der Waals surface area contributed by atoms with Crippen molar-refractivity contribution in [3.05, 3.63) is 47.5 Å². The van der Waals surface area contributed by atoms with E-state index in [4.69, 9.17) is 11.6 Å². The van der Waals surface area contributed by atoms with Gasteiger partial charge in [-0.2, -0.15) is 4.31 Å². The molecule has 0 spiro atoms. The monoisotopic (exact) mass is 420 g/mol. The Labute approximate surface area is 166 Å². The number of benzene rings is 2. The molecule has 1 N–H and O–H groups in total. The number of anilines is 1. The van der Waals surface area contributed by atoms with E-state index in [2.05, 4.69) is 20.3 Å². The fourth-order valence-electron chi connectivity index (χ4n) is 3.31. The number of piperidine rings is 1. The van der Waals surface area contributed by atoms with Crippen molar-refractivity contribution < 1.29 is 17.8 Å². The molecule has 1 saturated heterocycles. The van der Waals surface area contributed by atoms with E-state index >= 15 is 0 Å². The fourth-order valence-corrected chi connectivity index (χ4v) is 5.16.